The molecule has 0 saturated heterocycles. The van der Waals surface area contributed by atoms with Gasteiger partial charge in [-0.1, -0.05) is 12.1 Å². The first-order chi connectivity index (χ1) is 11.4. The van der Waals surface area contributed by atoms with Crippen molar-refractivity contribution < 1.29 is 43.2 Å². The molecule has 0 aromatic heterocycles. The van der Waals surface area contributed by atoms with Crippen LogP contribution in [0.25, 0.3) is 0 Å². The summed E-state index contributed by atoms with van der Waals surface area (Å²) in [5.41, 5.74) is 0.567. The molecule has 0 heterocycles. The zero-order valence-electron chi connectivity index (χ0n) is 12.9. The van der Waals surface area contributed by atoms with E-state index in [1.807, 2.05) is 0 Å². The van der Waals surface area contributed by atoms with Gasteiger partial charge in [0.25, 0.3) is 0 Å². The molecule has 1 N–H and O–H groups in total. The number of hydrogen-bond acceptors (Lipinski definition) is 8. The number of Topliss-reactive ketones (excluding diaryl/α,β-unsaturated/α-hetero) is 1. The van der Waals surface area contributed by atoms with E-state index in [2.05, 4.69) is 14.2 Å². The highest BCUT2D eigenvalue weighted by Gasteiger charge is 2.09. The molecule has 0 saturated carbocycles. The van der Waals surface area contributed by atoms with Crippen molar-refractivity contribution in [3.63, 3.8) is 0 Å². The van der Waals surface area contributed by atoms with Crippen LogP contribution in [0.5, 0.6) is 5.75 Å². The Morgan fingerprint density at radius 3 is 2.21 bits per heavy atom. The number of ketones is 1. The number of carbonyl (C=O) groups is 4. The highest BCUT2D eigenvalue weighted by molar-refractivity contribution is 5.80. The van der Waals surface area contributed by atoms with Crippen LogP contribution in [0.1, 0.15) is 25.3 Å². The van der Waals surface area contributed by atoms with Crippen LogP contribution < -0.4 is 4.74 Å². The fraction of sp³-hybridized carbons (Fsp3) is 0.333. The summed E-state index contributed by atoms with van der Waals surface area (Å²) in [4.78, 5) is 43.5. The number of benzene rings is 1. The van der Waals surface area contributed by atoms with Crippen LogP contribution in [0.2, 0.25) is 0 Å². The lowest BCUT2D eigenvalue weighted by Gasteiger charge is -2.07. The average molecular weight is 340 g/mol. The molecule has 1 aromatic rings. The van der Waals surface area contributed by atoms with Crippen LogP contribution in [-0.4, -0.2) is 36.0 Å². The maximum atomic E-state index is 11.4. The van der Waals surface area contributed by atoms with E-state index in [-0.39, 0.29) is 31.0 Å². The van der Waals surface area contributed by atoms with Gasteiger partial charge in [-0.3, -0.25) is 4.79 Å². The first kappa shape index (κ1) is 18.9. The van der Waals surface area contributed by atoms with Crippen molar-refractivity contribution in [3.8, 4) is 5.75 Å². The summed E-state index contributed by atoms with van der Waals surface area (Å²) in [6, 6.07) is 5.85. The lowest BCUT2D eigenvalue weighted by atomic mass is 10.2. The van der Waals surface area contributed by atoms with Gasteiger partial charge in [0.05, 0.1) is 6.42 Å². The molecule has 9 heteroatoms. The van der Waals surface area contributed by atoms with Crippen LogP contribution in [-0.2, 0) is 30.4 Å². The monoisotopic (exact) mass is 340 g/mol. The van der Waals surface area contributed by atoms with Crippen molar-refractivity contribution in [2.24, 2.45) is 0 Å². The molecule has 0 unspecified atom stereocenters. The Kier molecular flexibility index (Phi) is 7.76. The lowest BCUT2D eigenvalue weighted by Crippen LogP contribution is -2.16. The Hall–Kier alpha value is -3.10. The summed E-state index contributed by atoms with van der Waals surface area (Å²) in [5.74, 6) is -0.660. The maximum Gasteiger partial charge on any atom is 0.516 e. The van der Waals surface area contributed by atoms with Gasteiger partial charge in [-0.05, 0) is 24.6 Å². The SMILES string of the molecule is CC(=O)CCC(=O)OCOC(=O)Oc1ccc(COC(=O)O)cc1. The topological polar surface area (TPSA) is 125 Å². The molecule has 24 heavy (non-hydrogen) atoms. The highest BCUT2D eigenvalue weighted by atomic mass is 16.8. The molecule has 0 amide bonds. The first-order valence-electron chi connectivity index (χ1n) is 6.81. The highest BCUT2D eigenvalue weighted by Crippen LogP contribution is 2.13. The van der Waals surface area contributed by atoms with Crippen molar-refractivity contribution in [1.29, 1.82) is 0 Å². The summed E-state index contributed by atoms with van der Waals surface area (Å²) >= 11 is 0. The minimum absolute atomic E-state index is 0.0568. The normalized spacial score (nSPS) is 9.71. The molecular weight excluding hydrogens is 324 g/mol. The Bertz CT molecular complexity index is 591. The molecule has 0 atom stereocenters. The quantitative estimate of drug-likeness (QED) is 0.431. The summed E-state index contributed by atoms with van der Waals surface area (Å²) in [5, 5.41) is 8.37. The summed E-state index contributed by atoms with van der Waals surface area (Å²) in [7, 11) is 0. The predicted octanol–water partition coefficient (Wildman–Crippen LogP) is 2.27. The van der Waals surface area contributed by atoms with Crippen molar-refractivity contribution in [2.75, 3.05) is 6.79 Å². The Morgan fingerprint density at radius 1 is 0.958 bits per heavy atom. The van der Waals surface area contributed by atoms with Gasteiger partial charge in [0, 0.05) is 6.42 Å². The van der Waals surface area contributed by atoms with Crippen LogP contribution in [0, 0.1) is 0 Å². The van der Waals surface area contributed by atoms with Gasteiger partial charge in [-0.25, -0.2) is 9.59 Å². The van der Waals surface area contributed by atoms with Gasteiger partial charge in [0.15, 0.2) is 0 Å². The second kappa shape index (κ2) is 9.82. The predicted molar refractivity (Wildman–Crippen MR) is 77.2 cm³/mol. The van der Waals surface area contributed by atoms with Crippen LogP contribution in [0.4, 0.5) is 9.59 Å². The minimum atomic E-state index is -1.39. The summed E-state index contributed by atoms with van der Waals surface area (Å²) < 4.78 is 18.3. The van der Waals surface area contributed by atoms with Crippen molar-refractivity contribution in [2.45, 2.75) is 26.4 Å². The molecule has 130 valence electrons. The molecule has 0 spiro atoms. The molecule has 0 fully saturated rings. The Labute approximate surface area is 137 Å². The molecule has 9 nitrogen and oxygen atoms in total. The van der Waals surface area contributed by atoms with Gasteiger partial charge < -0.3 is 28.8 Å². The van der Waals surface area contributed by atoms with E-state index in [1.54, 1.807) is 0 Å². The van der Waals surface area contributed by atoms with Crippen molar-refractivity contribution in [3.05, 3.63) is 29.8 Å². The van der Waals surface area contributed by atoms with Gasteiger partial charge in [0.2, 0.25) is 6.79 Å². The van der Waals surface area contributed by atoms with Crippen molar-refractivity contribution >= 4 is 24.1 Å². The maximum absolute atomic E-state index is 11.4. The molecule has 1 aromatic carbocycles. The largest absolute Gasteiger partial charge is 0.516 e. The molecule has 0 aliphatic carbocycles. The van der Waals surface area contributed by atoms with E-state index in [0.29, 0.717) is 5.56 Å². The molecule has 0 radical (unpaired) electrons. The molecular formula is C15H16O9. The van der Waals surface area contributed by atoms with E-state index >= 15 is 0 Å². The number of ether oxygens (including phenoxy) is 4. The number of esters is 1. The van der Waals surface area contributed by atoms with Gasteiger partial charge in [0.1, 0.15) is 18.1 Å². The number of rotatable bonds is 8. The van der Waals surface area contributed by atoms with Crippen LogP contribution in [0.3, 0.4) is 0 Å². The van der Waals surface area contributed by atoms with E-state index in [9.17, 15) is 19.2 Å². The standard InChI is InChI=1S/C15H16O9/c1-10(16)2-7-13(17)22-9-23-15(20)24-12-5-3-11(4-6-12)8-21-14(18)19/h3-6H,2,7-9H2,1H3,(H,18,19). The molecule has 0 bridgehead atoms. The second-order valence-electron chi connectivity index (χ2n) is 4.53. The zero-order valence-corrected chi connectivity index (χ0v) is 12.9. The van der Waals surface area contributed by atoms with Crippen molar-refractivity contribution in [1.82, 2.24) is 0 Å². The van der Waals surface area contributed by atoms with Crippen LogP contribution in [0.15, 0.2) is 24.3 Å². The number of carbonyl (C=O) groups excluding carboxylic acids is 3. The fourth-order valence-corrected chi connectivity index (χ4v) is 1.42. The molecule has 0 aliphatic heterocycles. The third kappa shape index (κ3) is 8.37. The summed E-state index contributed by atoms with van der Waals surface area (Å²) in [6.07, 6.45) is -2.50. The van der Waals surface area contributed by atoms with Gasteiger partial charge in [-0.15, -0.1) is 0 Å². The second-order valence-corrected chi connectivity index (χ2v) is 4.53. The first-order valence-corrected chi connectivity index (χ1v) is 6.81. The summed E-state index contributed by atoms with van der Waals surface area (Å²) in [6.45, 7) is 0.594. The Balaban J connectivity index is 2.28. The van der Waals surface area contributed by atoms with E-state index in [1.165, 1.54) is 31.2 Å². The van der Waals surface area contributed by atoms with Gasteiger partial charge in [-0.2, -0.15) is 0 Å². The van der Waals surface area contributed by atoms with Gasteiger partial charge >= 0.3 is 18.3 Å². The average Bonchev–Trinajstić information content (AvgIpc) is 2.52. The number of hydrogen-bond donors (Lipinski definition) is 1. The molecule has 1 rings (SSSR count). The minimum Gasteiger partial charge on any atom is -0.450 e. The third-order valence-corrected chi connectivity index (χ3v) is 2.56. The van der Waals surface area contributed by atoms with Crippen LogP contribution >= 0.6 is 0 Å². The molecule has 0 aliphatic rings. The van der Waals surface area contributed by atoms with E-state index < -0.39 is 25.1 Å². The lowest BCUT2D eigenvalue weighted by molar-refractivity contribution is -0.153. The Morgan fingerprint density at radius 2 is 1.62 bits per heavy atom. The number of carboxylic acid groups (broad SMARTS) is 1. The third-order valence-electron chi connectivity index (χ3n) is 2.56. The van der Waals surface area contributed by atoms with E-state index in [0.717, 1.165) is 0 Å². The smallest absolute Gasteiger partial charge is 0.450 e. The fourth-order valence-electron chi connectivity index (χ4n) is 1.42. The van der Waals surface area contributed by atoms with E-state index in [4.69, 9.17) is 9.84 Å². The zero-order chi connectivity index (χ0) is 17.9.